The van der Waals surface area contributed by atoms with Crippen LogP contribution in [0.15, 0.2) is 41.7 Å². The molecule has 0 amide bonds. The van der Waals surface area contributed by atoms with Crippen molar-refractivity contribution in [3.63, 3.8) is 0 Å². The van der Waals surface area contributed by atoms with E-state index in [0.29, 0.717) is 36.1 Å². The number of nitrogens with one attached hydrogen (secondary N) is 2. The van der Waals surface area contributed by atoms with Crippen LogP contribution in [0, 0.1) is 11.7 Å². The van der Waals surface area contributed by atoms with E-state index in [4.69, 9.17) is 0 Å². The second-order valence-electron chi connectivity index (χ2n) is 6.89. The minimum Gasteiger partial charge on any atom is -0.357 e. The number of nitrogens with zero attached hydrogens (tertiary/aromatic N) is 3. The van der Waals surface area contributed by atoms with Crippen LogP contribution in [0.25, 0.3) is 0 Å². The van der Waals surface area contributed by atoms with E-state index in [9.17, 15) is 12.8 Å². The van der Waals surface area contributed by atoms with Crippen molar-refractivity contribution >= 4 is 39.8 Å². The number of sulfone groups is 1. The summed E-state index contributed by atoms with van der Waals surface area (Å²) in [5, 5.41) is 10.6. The van der Waals surface area contributed by atoms with Crippen LogP contribution in [0.2, 0.25) is 0 Å². The normalized spacial score (nSPS) is 12.9. The van der Waals surface area contributed by atoms with Crippen molar-refractivity contribution in [3.8, 4) is 0 Å². The lowest BCUT2D eigenvalue weighted by molar-refractivity contribution is 0.443. The van der Waals surface area contributed by atoms with Gasteiger partial charge in [0.2, 0.25) is 0 Å². The van der Waals surface area contributed by atoms with Gasteiger partial charge in [-0.3, -0.25) is 4.68 Å². The fourth-order valence-corrected chi connectivity index (χ4v) is 3.58. The fourth-order valence-electron chi connectivity index (χ4n) is 2.73. The number of halogens is 2. The van der Waals surface area contributed by atoms with Crippen LogP contribution in [0.3, 0.4) is 0 Å². The number of hydrogen-bond acceptors (Lipinski definition) is 4. The van der Waals surface area contributed by atoms with E-state index in [2.05, 4.69) is 27.6 Å². The van der Waals surface area contributed by atoms with Gasteiger partial charge in [0.15, 0.2) is 15.8 Å². The summed E-state index contributed by atoms with van der Waals surface area (Å²) in [4.78, 5) is 4.49. The topological polar surface area (TPSA) is 88.4 Å². The average molecular weight is 537 g/mol. The lowest BCUT2D eigenvalue weighted by Gasteiger charge is -2.16. The standard InChI is InChI=1S/C19H28FN5O2S.HI/c1-4-21-19(22-11-15(2)13-25-9-5-8-24-25)23-12-17-10-18(20)7-6-16(17)14-28(3,26)27;/h5-10,15H,4,11-14H2,1-3H3,(H2,21,22,23);1H. The van der Waals surface area contributed by atoms with Crippen molar-refractivity contribution < 1.29 is 12.8 Å². The third kappa shape index (κ3) is 9.57. The molecule has 1 aromatic heterocycles. The molecule has 0 bridgehead atoms. The Balaban J connectivity index is 0.00000420. The summed E-state index contributed by atoms with van der Waals surface area (Å²) >= 11 is 0. The molecule has 0 aliphatic rings. The van der Waals surface area contributed by atoms with Gasteiger partial charge in [0, 0.05) is 38.3 Å². The van der Waals surface area contributed by atoms with Crippen LogP contribution in [-0.2, 0) is 28.7 Å². The fraction of sp³-hybridized carbons (Fsp3) is 0.474. The Labute approximate surface area is 189 Å². The number of aromatic nitrogens is 2. The molecule has 0 aliphatic heterocycles. The van der Waals surface area contributed by atoms with Gasteiger partial charge in [-0.25, -0.2) is 17.8 Å². The summed E-state index contributed by atoms with van der Waals surface area (Å²) in [7, 11) is -3.22. The Kier molecular flexibility index (Phi) is 10.6. The average Bonchev–Trinajstić information content (AvgIpc) is 3.11. The highest BCUT2D eigenvalue weighted by Crippen LogP contribution is 2.15. The molecule has 1 atom stereocenters. The highest BCUT2D eigenvalue weighted by Gasteiger charge is 2.11. The third-order valence-electron chi connectivity index (χ3n) is 4.01. The van der Waals surface area contributed by atoms with E-state index >= 15 is 0 Å². The quantitative estimate of drug-likeness (QED) is 0.292. The van der Waals surface area contributed by atoms with Crippen molar-refractivity contribution in [1.82, 2.24) is 20.4 Å². The molecule has 0 saturated carbocycles. The predicted octanol–water partition coefficient (Wildman–Crippen LogP) is 2.58. The molecule has 7 nitrogen and oxygen atoms in total. The summed E-state index contributed by atoms with van der Waals surface area (Å²) in [5.41, 5.74) is 1.13. The zero-order valence-electron chi connectivity index (χ0n) is 16.9. The van der Waals surface area contributed by atoms with E-state index in [0.717, 1.165) is 12.8 Å². The first-order chi connectivity index (χ1) is 13.3. The summed E-state index contributed by atoms with van der Waals surface area (Å²) < 4.78 is 38.8. The highest BCUT2D eigenvalue weighted by molar-refractivity contribution is 14.0. The molecule has 162 valence electrons. The predicted molar refractivity (Wildman–Crippen MR) is 125 cm³/mol. The second kappa shape index (κ2) is 12.1. The zero-order chi connectivity index (χ0) is 20.6. The number of rotatable bonds is 9. The summed E-state index contributed by atoms with van der Waals surface area (Å²) in [6.07, 6.45) is 4.83. The second-order valence-corrected chi connectivity index (χ2v) is 9.03. The van der Waals surface area contributed by atoms with Crippen LogP contribution in [0.1, 0.15) is 25.0 Å². The van der Waals surface area contributed by atoms with Crippen molar-refractivity contribution in [3.05, 3.63) is 53.6 Å². The molecular weight excluding hydrogens is 508 g/mol. The molecule has 1 heterocycles. The lowest BCUT2D eigenvalue weighted by Crippen LogP contribution is -2.40. The van der Waals surface area contributed by atoms with E-state index in [1.165, 1.54) is 18.2 Å². The summed E-state index contributed by atoms with van der Waals surface area (Å²) in [6, 6.07) is 6.01. The minimum atomic E-state index is -3.22. The maximum atomic E-state index is 13.6. The van der Waals surface area contributed by atoms with Gasteiger partial charge in [-0.15, -0.1) is 24.0 Å². The van der Waals surface area contributed by atoms with Gasteiger partial charge in [0.25, 0.3) is 0 Å². The maximum Gasteiger partial charge on any atom is 0.191 e. The zero-order valence-corrected chi connectivity index (χ0v) is 20.1. The van der Waals surface area contributed by atoms with Crippen LogP contribution in [0.5, 0.6) is 0 Å². The van der Waals surface area contributed by atoms with Crippen molar-refractivity contribution in [2.24, 2.45) is 10.9 Å². The van der Waals surface area contributed by atoms with E-state index in [1.54, 1.807) is 6.20 Å². The number of hydrogen-bond donors (Lipinski definition) is 2. The molecule has 0 radical (unpaired) electrons. The molecule has 0 saturated heterocycles. The van der Waals surface area contributed by atoms with Crippen LogP contribution in [0.4, 0.5) is 4.39 Å². The smallest absolute Gasteiger partial charge is 0.191 e. The van der Waals surface area contributed by atoms with Crippen molar-refractivity contribution in [2.45, 2.75) is 32.7 Å². The number of benzene rings is 1. The Hall–Kier alpha value is -1.69. The molecule has 2 aromatic rings. The van der Waals surface area contributed by atoms with Gasteiger partial charge >= 0.3 is 0 Å². The minimum absolute atomic E-state index is 0. The molecule has 0 spiro atoms. The number of aliphatic imine (C=N–C) groups is 1. The summed E-state index contributed by atoms with van der Waals surface area (Å²) in [5.74, 6) is 0.375. The van der Waals surface area contributed by atoms with Gasteiger partial charge in [-0.05, 0) is 42.2 Å². The van der Waals surface area contributed by atoms with Gasteiger partial charge in [-0.1, -0.05) is 13.0 Å². The first kappa shape index (κ1) is 25.3. The molecule has 0 fully saturated rings. The SMILES string of the molecule is CCNC(=NCc1cc(F)ccc1CS(C)(=O)=O)NCC(C)Cn1cccn1.I. The highest BCUT2D eigenvalue weighted by atomic mass is 127. The van der Waals surface area contributed by atoms with Gasteiger partial charge in [0.05, 0.1) is 12.3 Å². The van der Waals surface area contributed by atoms with Crippen LogP contribution < -0.4 is 10.6 Å². The Morgan fingerprint density at radius 1 is 1.31 bits per heavy atom. The Morgan fingerprint density at radius 3 is 2.69 bits per heavy atom. The Bertz CT molecular complexity index is 888. The lowest BCUT2D eigenvalue weighted by atomic mass is 10.1. The third-order valence-corrected chi connectivity index (χ3v) is 4.85. The van der Waals surface area contributed by atoms with Crippen molar-refractivity contribution in [2.75, 3.05) is 19.3 Å². The summed E-state index contributed by atoms with van der Waals surface area (Å²) in [6.45, 7) is 6.40. The van der Waals surface area contributed by atoms with Crippen LogP contribution >= 0.6 is 24.0 Å². The maximum absolute atomic E-state index is 13.6. The largest absolute Gasteiger partial charge is 0.357 e. The van der Waals surface area contributed by atoms with E-state index in [-0.39, 0.29) is 36.3 Å². The first-order valence-electron chi connectivity index (χ1n) is 9.21. The van der Waals surface area contributed by atoms with E-state index < -0.39 is 15.7 Å². The molecular formula is C19H29FIN5O2S. The van der Waals surface area contributed by atoms with Gasteiger partial charge in [0.1, 0.15) is 5.82 Å². The van der Waals surface area contributed by atoms with Crippen LogP contribution in [-0.4, -0.2) is 43.5 Å². The van der Waals surface area contributed by atoms with E-state index in [1.807, 2.05) is 23.9 Å². The molecule has 10 heteroatoms. The molecule has 1 unspecified atom stereocenters. The molecule has 2 rings (SSSR count). The molecule has 1 aromatic carbocycles. The van der Waals surface area contributed by atoms with Gasteiger partial charge < -0.3 is 10.6 Å². The molecule has 29 heavy (non-hydrogen) atoms. The molecule has 0 aliphatic carbocycles. The van der Waals surface area contributed by atoms with Crippen molar-refractivity contribution in [1.29, 1.82) is 0 Å². The number of guanidine groups is 1. The molecule has 2 N–H and O–H groups in total. The monoisotopic (exact) mass is 537 g/mol. The Morgan fingerprint density at radius 2 is 2.07 bits per heavy atom. The first-order valence-corrected chi connectivity index (χ1v) is 11.3. The van der Waals surface area contributed by atoms with Gasteiger partial charge in [-0.2, -0.15) is 5.10 Å².